The Labute approximate surface area is 161 Å². The van der Waals surface area contributed by atoms with Crippen LogP contribution in [0, 0.1) is 19.8 Å². The van der Waals surface area contributed by atoms with Gasteiger partial charge in [-0.25, -0.2) is 0 Å². The number of hydrogen-bond donors (Lipinski definition) is 0. The molecule has 1 aromatic rings. The van der Waals surface area contributed by atoms with Crippen LogP contribution in [0.2, 0.25) is 0 Å². The number of hydrogen-bond acceptors (Lipinski definition) is 6. The Morgan fingerprint density at radius 2 is 2.00 bits per heavy atom. The van der Waals surface area contributed by atoms with Crippen molar-refractivity contribution in [2.24, 2.45) is 5.92 Å². The van der Waals surface area contributed by atoms with E-state index in [4.69, 9.17) is 9.26 Å². The maximum atomic E-state index is 12.9. The van der Waals surface area contributed by atoms with E-state index >= 15 is 0 Å². The van der Waals surface area contributed by atoms with Crippen molar-refractivity contribution in [2.75, 3.05) is 59.5 Å². The fourth-order valence-corrected chi connectivity index (χ4v) is 5.01. The Balaban J connectivity index is 1.39. The molecular formula is C20H32N4O3. The van der Waals surface area contributed by atoms with Crippen molar-refractivity contribution in [3.8, 4) is 0 Å². The van der Waals surface area contributed by atoms with Crippen LogP contribution in [0.4, 0.5) is 0 Å². The van der Waals surface area contributed by atoms with Gasteiger partial charge in [0, 0.05) is 51.4 Å². The van der Waals surface area contributed by atoms with Crippen molar-refractivity contribution in [3.05, 3.63) is 17.0 Å². The number of likely N-dealkylation sites (tertiary alicyclic amines) is 1. The predicted octanol–water partition coefficient (Wildman–Crippen LogP) is 1.55. The summed E-state index contributed by atoms with van der Waals surface area (Å²) in [6.07, 6.45) is 3.24. The minimum absolute atomic E-state index is 0.0690. The van der Waals surface area contributed by atoms with E-state index in [1.54, 1.807) is 0 Å². The first-order chi connectivity index (χ1) is 13.0. The Kier molecular flexibility index (Phi) is 5.27. The number of likely N-dealkylation sites (N-methyl/N-ethyl adjacent to an activating group) is 1. The van der Waals surface area contributed by atoms with Crippen LogP contribution < -0.4 is 0 Å². The first kappa shape index (κ1) is 18.9. The molecule has 1 atom stereocenters. The van der Waals surface area contributed by atoms with E-state index in [9.17, 15) is 4.79 Å². The molecule has 150 valence electrons. The number of carbonyl (C=O) groups is 1. The van der Waals surface area contributed by atoms with E-state index in [0.29, 0.717) is 22.9 Å². The SMILES string of the molecule is Cc1noc(C)c1C(=O)N1CCC2(CC1)CN(CC1CCOC1)CCN2C. The summed E-state index contributed by atoms with van der Waals surface area (Å²) in [5, 5.41) is 3.94. The Hall–Kier alpha value is -1.44. The van der Waals surface area contributed by atoms with Crippen molar-refractivity contribution >= 4 is 5.91 Å². The summed E-state index contributed by atoms with van der Waals surface area (Å²) >= 11 is 0. The molecule has 3 fully saturated rings. The number of amides is 1. The molecule has 1 aromatic heterocycles. The van der Waals surface area contributed by atoms with Gasteiger partial charge in [0.15, 0.2) is 0 Å². The van der Waals surface area contributed by atoms with Gasteiger partial charge in [-0.2, -0.15) is 0 Å². The standard InChI is InChI=1S/C20H32N4O3/c1-15-18(16(2)27-21-15)19(25)24-7-5-20(6-8-24)14-23(10-9-22(20)3)12-17-4-11-26-13-17/h17H,4-14H2,1-3H3. The van der Waals surface area contributed by atoms with Crippen molar-refractivity contribution < 1.29 is 14.1 Å². The van der Waals surface area contributed by atoms with Crippen LogP contribution in [-0.4, -0.2) is 90.8 Å². The zero-order chi connectivity index (χ0) is 19.0. The number of aryl methyl sites for hydroxylation is 2. The van der Waals surface area contributed by atoms with Crippen LogP contribution in [0.3, 0.4) is 0 Å². The van der Waals surface area contributed by atoms with Crippen molar-refractivity contribution in [3.63, 3.8) is 0 Å². The first-order valence-electron chi connectivity index (χ1n) is 10.2. The number of nitrogens with zero attached hydrogens (tertiary/aromatic N) is 4. The van der Waals surface area contributed by atoms with E-state index in [2.05, 4.69) is 22.0 Å². The molecule has 3 aliphatic rings. The fraction of sp³-hybridized carbons (Fsp3) is 0.800. The number of aromatic nitrogens is 1. The number of ether oxygens (including phenoxy) is 1. The monoisotopic (exact) mass is 376 g/mol. The van der Waals surface area contributed by atoms with Crippen LogP contribution in [0.15, 0.2) is 4.52 Å². The maximum absolute atomic E-state index is 12.9. The molecule has 0 aromatic carbocycles. The topological polar surface area (TPSA) is 62.1 Å². The maximum Gasteiger partial charge on any atom is 0.259 e. The predicted molar refractivity (Wildman–Crippen MR) is 102 cm³/mol. The second kappa shape index (κ2) is 7.53. The van der Waals surface area contributed by atoms with Gasteiger partial charge in [0.05, 0.1) is 12.3 Å². The van der Waals surface area contributed by atoms with Gasteiger partial charge in [0.1, 0.15) is 11.3 Å². The summed E-state index contributed by atoms with van der Waals surface area (Å²) in [4.78, 5) is 20.1. The Morgan fingerprint density at radius 1 is 1.22 bits per heavy atom. The quantitative estimate of drug-likeness (QED) is 0.798. The molecule has 3 aliphatic heterocycles. The molecule has 1 unspecified atom stereocenters. The molecule has 1 amide bonds. The molecule has 27 heavy (non-hydrogen) atoms. The number of carbonyl (C=O) groups excluding carboxylic acids is 1. The highest BCUT2D eigenvalue weighted by Crippen LogP contribution is 2.33. The largest absolute Gasteiger partial charge is 0.381 e. The normalized spacial score (nSPS) is 26.8. The highest BCUT2D eigenvalue weighted by Gasteiger charge is 2.43. The van der Waals surface area contributed by atoms with E-state index in [1.165, 1.54) is 6.42 Å². The van der Waals surface area contributed by atoms with Gasteiger partial charge in [-0.1, -0.05) is 5.16 Å². The Bertz CT molecular complexity index is 655. The summed E-state index contributed by atoms with van der Waals surface area (Å²) in [6, 6.07) is 0. The second-order valence-electron chi connectivity index (χ2n) is 8.60. The zero-order valence-electron chi connectivity index (χ0n) is 16.9. The molecule has 0 bridgehead atoms. The van der Waals surface area contributed by atoms with Gasteiger partial charge in [-0.3, -0.25) is 14.6 Å². The lowest BCUT2D eigenvalue weighted by molar-refractivity contribution is -0.0280. The van der Waals surface area contributed by atoms with Gasteiger partial charge in [-0.05, 0) is 46.1 Å². The second-order valence-corrected chi connectivity index (χ2v) is 8.60. The Morgan fingerprint density at radius 3 is 2.63 bits per heavy atom. The first-order valence-corrected chi connectivity index (χ1v) is 10.2. The average Bonchev–Trinajstić information content (AvgIpc) is 3.28. The molecule has 0 radical (unpaired) electrons. The summed E-state index contributed by atoms with van der Waals surface area (Å²) in [5.74, 6) is 1.38. The summed E-state index contributed by atoms with van der Waals surface area (Å²) in [6.45, 7) is 11.6. The molecule has 4 heterocycles. The number of rotatable bonds is 3. The van der Waals surface area contributed by atoms with Gasteiger partial charge in [0.25, 0.3) is 5.91 Å². The van der Waals surface area contributed by atoms with Crippen LogP contribution in [0.1, 0.15) is 41.1 Å². The molecule has 7 heteroatoms. The zero-order valence-corrected chi connectivity index (χ0v) is 16.9. The highest BCUT2D eigenvalue weighted by molar-refractivity contribution is 5.96. The van der Waals surface area contributed by atoms with Crippen LogP contribution >= 0.6 is 0 Å². The van der Waals surface area contributed by atoms with Gasteiger partial charge in [-0.15, -0.1) is 0 Å². The number of piperazine rings is 1. The van der Waals surface area contributed by atoms with E-state index in [0.717, 1.165) is 65.3 Å². The van der Waals surface area contributed by atoms with Gasteiger partial charge in [0.2, 0.25) is 0 Å². The lowest BCUT2D eigenvalue weighted by atomic mass is 9.83. The molecule has 0 aliphatic carbocycles. The number of piperidine rings is 1. The van der Waals surface area contributed by atoms with Gasteiger partial charge < -0.3 is 14.2 Å². The minimum Gasteiger partial charge on any atom is -0.381 e. The average molecular weight is 377 g/mol. The van der Waals surface area contributed by atoms with Gasteiger partial charge >= 0.3 is 0 Å². The lowest BCUT2D eigenvalue weighted by Gasteiger charge is -2.53. The molecule has 7 nitrogen and oxygen atoms in total. The van der Waals surface area contributed by atoms with Crippen LogP contribution in [0.5, 0.6) is 0 Å². The summed E-state index contributed by atoms with van der Waals surface area (Å²) in [7, 11) is 2.25. The highest BCUT2D eigenvalue weighted by atomic mass is 16.5. The minimum atomic E-state index is 0.0690. The van der Waals surface area contributed by atoms with Crippen molar-refractivity contribution in [1.82, 2.24) is 19.9 Å². The van der Waals surface area contributed by atoms with Crippen molar-refractivity contribution in [2.45, 2.75) is 38.6 Å². The smallest absolute Gasteiger partial charge is 0.259 e. The fourth-order valence-electron chi connectivity index (χ4n) is 5.01. The van der Waals surface area contributed by atoms with E-state index in [1.807, 2.05) is 18.7 Å². The molecule has 1 spiro atoms. The third kappa shape index (κ3) is 3.65. The molecule has 0 N–H and O–H groups in total. The third-order valence-electron chi connectivity index (χ3n) is 6.85. The van der Waals surface area contributed by atoms with E-state index < -0.39 is 0 Å². The molecule has 4 rings (SSSR count). The van der Waals surface area contributed by atoms with Crippen LogP contribution in [0.25, 0.3) is 0 Å². The molecule has 0 saturated carbocycles. The molecule has 3 saturated heterocycles. The third-order valence-corrected chi connectivity index (χ3v) is 6.85. The van der Waals surface area contributed by atoms with Crippen molar-refractivity contribution in [1.29, 1.82) is 0 Å². The molecular weight excluding hydrogens is 344 g/mol. The van der Waals surface area contributed by atoms with E-state index in [-0.39, 0.29) is 11.4 Å². The lowest BCUT2D eigenvalue weighted by Crippen LogP contribution is -2.65. The summed E-state index contributed by atoms with van der Waals surface area (Å²) in [5.41, 5.74) is 1.52. The van der Waals surface area contributed by atoms with Crippen LogP contribution in [-0.2, 0) is 4.74 Å². The summed E-state index contributed by atoms with van der Waals surface area (Å²) < 4.78 is 10.7.